The van der Waals surface area contributed by atoms with Crippen molar-refractivity contribution >= 4 is 28.5 Å². The van der Waals surface area contributed by atoms with Crippen molar-refractivity contribution in [3.63, 3.8) is 0 Å². The molecule has 0 unspecified atom stereocenters. The molecule has 1 aromatic heterocycles. The van der Waals surface area contributed by atoms with Crippen molar-refractivity contribution in [3.8, 4) is 0 Å². The zero-order valence-corrected chi connectivity index (χ0v) is 12.4. The molecule has 0 atom stereocenters. The number of hydrogen-bond donors (Lipinski definition) is 0. The Bertz CT molecular complexity index is 308. The highest BCUT2D eigenvalue weighted by atomic mass is 127. The van der Waals surface area contributed by atoms with E-state index >= 15 is 0 Å². The van der Waals surface area contributed by atoms with Gasteiger partial charge in [-0.2, -0.15) is 0 Å². The van der Waals surface area contributed by atoms with Gasteiger partial charge in [0.05, 0.1) is 6.61 Å². The van der Waals surface area contributed by atoms with Crippen molar-refractivity contribution < 1.29 is 9.47 Å². The molecule has 0 fully saturated rings. The smallest absolute Gasteiger partial charge is 0.225 e. The van der Waals surface area contributed by atoms with E-state index in [0.717, 1.165) is 35.6 Å². The number of hydrogen-bond acceptors (Lipinski definition) is 5. The fourth-order valence-electron chi connectivity index (χ4n) is 1.38. The molecule has 0 saturated carbocycles. The lowest BCUT2D eigenvalue weighted by Crippen LogP contribution is -2.30. The molecule has 0 spiro atoms. The van der Waals surface area contributed by atoms with Crippen molar-refractivity contribution in [2.75, 3.05) is 45.4 Å². The third kappa shape index (κ3) is 5.60. The first-order chi connectivity index (χ1) is 8.27. The Hall–Kier alpha value is -0.470. The van der Waals surface area contributed by atoms with E-state index in [1.54, 1.807) is 14.2 Å². The van der Waals surface area contributed by atoms with Crippen LogP contribution in [-0.4, -0.2) is 50.5 Å². The number of nitrogens with zero attached hydrogens (tertiary/aromatic N) is 3. The topological polar surface area (TPSA) is 47.5 Å². The summed E-state index contributed by atoms with van der Waals surface area (Å²) in [5.74, 6) is 0.749. The van der Waals surface area contributed by atoms with Crippen LogP contribution in [0.4, 0.5) is 5.95 Å². The van der Waals surface area contributed by atoms with Gasteiger partial charge in [0.15, 0.2) is 0 Å². The largest absolute Gasteiger partial charge is 0.385 e. The standard InChI is InChI=1S/C11H18IN3O2/c1-16-6-3-4-15(5-7-17-2)11-13-8-10(12)9-14-11/h8-9H,3-7H2,1-2H3. The molecule has 0 bridgehead atoms. The second kappa shape index (κ2) is 8.60. The monoisotopic (exact) mass is 351 g/mol. The van der Waals surface area contributed by atoms with Gasteiger partial charge in [0, 0.05) is 49.9 Å². The van der Waals surface area contributed by atoms with Gasteiger partial charge < -0.3 is 14.4 Å². The Morgan fingerprint density at radius 1 is 1.12 bits per heavy atom. The highest BCUT2D eigenvalue weighted by molar-refractivity contribution is 14.1. The van der Waals surface area contributed by atoms with E-state index in [0.29, 0.717) is 6.61 Å². The Morgan fingerprint density at radius 2 is 1.76 bits per heavy atom. The van der Waals surface area contributed by atoms with E-state index in [2.05, 4.69) is 37.5 Å². The van der Waals surface area contributed by atoms with Gasteiger partial charge in [-0.05, 0) is 29.0 Å². The number of anilines is 1. The lowest BCUT2D eigenvalue weighted by atomic mass is 10.4. The average Bonchev–Trinajstić information content (AvgIpc) is 2.35. The minimum Gasteiger partial charge on any atom is -0.385 e. The van der Waals surface area contributed by atoms with Crippen molar-refractivity contribution in [1.82, 2.24) is 9.97 Å². The number of ether oxygens (including phenoxy) is 2. The molecule has 1 rings (SSSR count). The molecule has 0 saturated heterocycles. The minimum atomic E-state index is 0.669. The summed E-state index contributed by atoms with van der Waals surface area (Å²) in [5, 5.41) is 0. The summed E-state index contributed by atoms with van der Waals surface area (Å²) in [6, 6.07) is 0. The lowest BCUT2D eigenvalue weighted by Gasteiger charge is -2.21. The molecule has 6 heteroatoms. The molecule has 96 valence electrons. The summed E-state index contributed by atoms with van der Waals surface area (Å²) in [5.41, 5.74) is 0. The molecule has 0 aliphatic rings. The Labute approximate surface area is 116 Å². The number of halogens is 1. The van der Waals surface area contributed by atoms with Gasteiger partial charge in [-0.3, -0.25) is 0 Å². The van der Waals surface area contributed by atoms with Crippen LogP contribution in [0.1, 0.15) is 6.42 Å². The van der Waals surface area contributed by atoms with E-state index in [-0.39, 0.29) is 0 Å². The summed E-state index contributed by atoms with van der Waals surface area (Å²) in [6.45, 7) is 3.08. The highest BCUT2D eigenvalue weighted by Crippen LogP contribution is 2.09. The molecule has 17 heavy (non-hydrogen) atoms. The van der Waals surface area contributed by atoms with Gasteiger partial charge in [-0.1, -0.05) is 0 Å². The van der Waals surface area contributed by atoms with Crippen molar-refractivity contribution in [2.24, 2.45) is 0 Å². The third-order valence-corrected chi connectivity index (χ3v) is 2.79. The fraction of sp³-hybridized carbons (Fsp3) is 0.636. The molecule has 0 aromatic carbocycles. The molecule has 0 N–H and O–H groups in total. The highest BCUT2D eigenvalue weighted by Gasteiger charge is 2.08. The second-order valence-electron chi connectivity index (χ2n) is 3.53. The van der Waals surface area contributed by atoms with E-state index in [1.807, 2.05) is 12.4 Å². The Morgan fingerprint density at radius 3 is 2.35 bits per heavy atom. The van der Waals surface area contributed by atoms with Crippen molar-refractivity contribution in [3.05, 3.63) is 16.0 Å². The molecular weight excluding hydrogens is 333 g/mol. The van der Waals surface area contributed by atoms with E-state index in [4.69, 9.17) is 9.47 Å². The maximum absolute atomic E-state index is 5.09. The van der Waals surface area contributed by atoms with E-state index < -0.39 is 0 Å². The SMILES string of the molecule is COCCCN(CCOC)c1ncc(I)cn1. The Kier molecular flexibility index (Phi) is 7.38. The summed E-state index contributed by atoms with van der Waals surface area (Å²) in [6.07, 6.45) is 4.59. The molecule has 1 heterocycles. The van der Waals surface area contributed by atoms with Crippen LogP contribution in [0.2, 0.25) is 0 Å². The van der Waals surface area contributed by atoms with Gasteiger partial charge in [0.1, 0.15) is 0 Å². The molecule has 0 radical (unpaired) electrons. The van der Waals surface area contributed by atoms with Crippen LogP contribution in [0.25, 0.3) is 0 Å². The molecule has 0 aliphatic carbocycles. The first-order valence-corrected chi connectivity index (χ1v) is 6.56. The van der Waals surface area contributed by atoms with Gasteiger partial charge >= 0.3 is 0 Å². The summed E-state index contributed by atoms with van der Waals surface area (Å²) in [4.78, 5) is 10.8. The fourth-order valence-corrected chi connectivity index (χ4v) is 1.66. The van der Waals surface area contributed by atoms with Gasteiger partial charge in [-0.15, -0.1) is 0 Å². The van der Waals surface area contributed by atoms with Crippen LogP contribution in [0, 0.1) is 3.57 Å². The predicted molar refractivity (Wildman–Crippen MR) is 75.3 cm³/mol. The summed E-state index contributed by atoms with van der Waals surface area (Å²) < 4.78 is 11.2. The average molecular weight is 351 g/mol. The summed E-state index contributed by atoms with van der Waals surface area (Å²) >= 11 is 2.20. The zero-order chi connectivity index (χ0) is 12.5. The van der Waals surface area contributed by atoms with Gasteiger partial charge in [-0.25, -0.2) is 9.97 Å². The maximum Gasteiger partial charge on any atom is 0.225 e. The van der Waals surface area contributed by atoms with Crippen LogP contribution < -0.4 is 4.90 Å². The quantitative estimate of drug-likeness (QED) is 0.526. The van der Waals surface area contributed by atoms with Crippen molar-refractivity contribution in [2.45, 2.75) is 6.42 Å². The van der Waals surface area contributed by atoms with Crippen molar-refractivity contribution in [1.29, 1.82) is 0 Å². The van der Waals surface area contributed by atoms with Crippen LogP contribution in [0.5, 0.6) is 0 Å². The first-order valence-electron chi connectivity index (χ1n) is 5.48. The molecule has 0 aliphatic heterocycles. The third-order valence-electron chi connectivity index (χ3n) is 2.23. The van der Waals surface area contributed by atoms with Gasteiger partial charge in [0.2, 0.25) is 5.95 Å². The molecule has 5 nitrogen and oxygen atoms in total. The molecule has 0 amide bonds. The normalized spacial score (nSPS) is 10.5. The zero-order valence-electron chi connectivity index (χ0n) is 10.2. The second-order valence-corrected chi connectivity index (χ2v) is 4.77. The maximum atomic E-state index is 5.09. The number of methoxy groups -OCH3 is 2. The van der Waals surface area contributed by atoms with Crippen LogP contribution in [0.15, 0.2) is 12.4 Å². The van der Waals surface area contributed by atoms with E-state index in [1.165, 1.54) is 0 Å². The van der Waals surface area contributed by atoms with E-state index in [9.17, 15) is 0 Å². The lowest BCUT2D eigenvalue weighted by molar-refractivity contribution is 0.190. The Balaban J connectivity index is 2.57. The van der Waals surface area contributed by atoms with Gasteiger partial charge in [0.25, 0.3) is 0 Å². The number of rotatable bonds is 8. The number of aromatic nitrogens is 2. The predicted octanol–water partition coefficient (Wildman–Crippen LogP) is 1.57. The van der Waals surface area contributed by atoms with Crippen LogP contribution >= 0.6 is 22.6 Å². The first kappa shape index (κ1) is 14.6. The molecule has 1 aromatic rings. The van der Waals surface area contributed by atoms with Crippen LogP contribution in [-0.2, 0) is 9.47 Å². The van der Waals surface area contributed by atoms with Crippen LogP contribution in [0.3, 0.4) is 0 Å². The summed E-state index contributed by atoms with van der Waals surface area (Å²) in [7, 11) is 3.41. The molecular formula is C11H18IN3O2. The minimum absolute atomic E-state index is 0.669.